The molecule has 1 saturated heterocycles. The zero-order valence-corrected chi connectivity index (χ0v) is 15.6. The van der Waals surface area contributed by atoms with E-state index in [0.29, 0.717) is 18.3 Å². The van der Waals surface area contributed by atoms with Crippen molar-refractivity contribution in [1.29, 1.82) is 0 Å². The second-order valence-corrected chi connectivity index (χ2v) is 6.73. The summed E-state index contributed by atoms with van der Waals surface area (Å²) in [7, 11) is 0. The summed E-state index contributed by atoms with van der Waals surface area (Å²) in [6.07, 6.45) is 5.34. The van der Waals surface area contributed by atoms with Gasteiger partial charge < -0.3 is 15.1 Å². The summed E-state index contributed by atoms with van der Waals surface area (Å²) < 4.78 is 7.12. The van der Waals surface area contributed by atoms with Gasteiger partial charge in [-0.25, -0.2) is 9.67 Å². The molecule has 0 unspecified atom stereocenters. The van der Waals surface area contributed by atoms with Crippen LogP contribution in [0, 0.1) is 0 Å². The molecule has 8 nitrogen and oxygen atoms in total. The molecule has 1 aliphatic rings. The third-order valence-electron chi connectivity index (χ3n) is 4.14. The van der Waals surface area contributed by atoms with E-state index in [1.807, 2.05) is 17.5 Å². The minimum absolute atomic E-state index is 0. The van der Waals surface area contributed by atoms with Crippen molar-refractivity contribution in [1.82, 2.24) is 30.6 Å². The summed E-state index contributed by atoms with van der Waals surface area (Å²) in [5.41, 5.74) is 1.12. The van der Waals surface area contributed by atoms with Gasteiger partial charge in [-0.05, 0) is 38.1 Å². The first kappa shape index (κ1) is 18.6. The number of furan rings is 1. The number of thiazole rings is 1. The average molecular weight is 395 g/mol. The molecule has 0 atom stereocenters. The minimum atomic E-state index is -0.243. The number of halogens is 1. The number of hydrogen-bond acceptors (Lipinski definition) is 7. The number of nitrogens with zero attached hydrogens (tertiary/aromatic N) is 4. The van der Waals surface area contributed by atoms with Crippen molar-refractivity contribution in [3.63, 3.8) is 0 Å². The molecule has 0 aromatic carbocycles. The summed E-state index contributed by atoms with van der Waals surface area (Å²) in [6.45, 7) is 2.28. The van der Waals surface area contributed by atoms with Gasteiger partial charge in [0.1, 0.15) is 0 Å². The first-order valence-corrected chi connectivity index (χ1v) is 9.06. The number of rotatable bonds is 5. The van der Waals surface area contributed by atoms with Crippen molar-refractivity contribution >= 4 is 29.7 Å². The maximum absolute atomic E-state index is 12.3. The van der Waals surface area contributed by atoms with Gasteiger partial charge >= 0.3 is 0 Å². The van der Waals surface area contributed by atoms with Crippen LogP contribution in [0.2, 0.25) is 0 Å². The molecule has 0 saturated carbocycles. The number of carbonyl (C=O) groups is 1. The first-order chi connectivity index (χ1) is 12.3. The van der Waals surface area contributed by atoms with Gasteiger partial charge in [-0.2, -0.15) is 0 Å². The normalized spacial score (nSPS) is 14.8. The maximum atomic E-state index is 12.3. The van der Waals surface area contributed by atoms with Gasteiger partial charge in [-0.15, -0.1) is 28.8 Å². The van der Waals surface area contributed by atoms with Gasteiger partial charge in [-0.3, -0.25) is 4.79 Å². The lowest BCUT2D eigenvalue weighted by Crippen LogP contribution is -2.29. The lowest BCUT2D eigenvalue weighted by Gasteiger charge is -2.22. The van der Waals surface area contributed by atoms with Crippen LogP contribution in [0.25, 0.3) is 10.8 Å². The van der Waals surface area contributed by atoms with Crippen molar-refractivity contribution in [2.45, 2.75) is 25.4 Å². The summed E-state index contributed by atoms with van der Waals surface area (Å²) >= 11 is 1.48. The van der Waals surface area contributed by atoms with E-state index in [-0.39, 0.29) is 18.3 Å². The number of nitrogens with one attached hydrogen (secondary N) is 2. The SMILES string of the molecule is Cl.O=C(NCc1csc(-c2ccco2)n1)c1cn(C2CCNCC2)nn1. The van der Waals surface area contributed by atoms with Crippen LogP contribution in [0.4, 0.5) is 0 Å². The molecule has 1 amide bonds. The molecule has 1 aliphatic heterocycles. The van der Waals surface area contributed by atoms with Crippen LogP contribution in [0.5, 0.6) is 0 Å². The van der Waals surface area contributed by atoms with E-state index in [9.17, 15) is 4.79 Å². The molecule has 3 aromatic rings. The molecular formula is C16H19ClN6O2S. The van der Waals surface area contributed by atoms with Gasteiger partial charge in [0.2, 0.25) is 0 Å². The molecule has 2 N–H and O–H groups in total. The predicted molar refractivity (Wildman–Crippen MR) is 99.4 cm³/mol. The Morgan fingerprint density at radius 2 is 2.27 bits per heavy atom. The Bertz CT molecular complexity index is 841. The van der Waals surface area contributed by atoms with Crippen LogP contribution in [-0.4, -0.2) is 39.0 Å². The Morgan fingerprint density at radius 1 is 1.42 bits per heavy atom. The molecule has 0 radical (unpaired) electrons. The molecule has 4 rings (SSSR count). The Hall–Kier alpha value is -2.23. The van der Waals surface area contributed by atoms with Gasteiger partial charge in [0.15, 0.2) is 16.5 Å². The van der Waals surface area contributed by atoms with E-state index in [1.165, 1.54) is 11.3 Å². The molecule has 0 bridgehead atoms. The Balaban J connectivity index is 0.00000196. The fourth-order valence-electron chi connectivity index (χ4n) is 2.79. The highest BCUT2D eigenvalue weighted by molar-refractivity contribution is 7.13. The van der Waals surface area contributed by atoms with E-state index in [4.69, 9.17) is 4.42 Å². The third kappa shape index (κ3) is 4.12. The zero-order chi connectivity index (χ0) is 17.1. The fraction of sp³-hybridized carbons (Fsp3) is 0.375. The van der Waals surface area contributed by atoms with Gasteiger partial charge in [-0.1, -0.05) is 5.21 Å². The highest BCUT2D eigenvalue weighted by atomic mass is 35.5. The summed E-state index contributed by atoms with van der Waals surface area (Å²) in [6, 6.07) is 3.99. The number of carbonyl (C=O) groups excluding carboxylic acids is 1. The predicted octanol–water partition coefficient (Wildman–Crippen LogP) is 2.27. The smallest absolute Gasteiger partial charge is 0.273 e. The first-order valence-electron chi connectivity index (χ1n) is 8.18. The highest BCUT2D eigenvalue weighted by Crippen LogP contribution is 2.23. The topological polar surface area (TPSA) is 97.9 Å². The molecular weight excluding hydrogens is 376 g/mol. The monoisotopic (exact) mass is 394 g/mol. The van der Waals surface area contributed by atoms with Gasteiger partial charge in [0.05, 0.1) is 30.7 Å². The van der Waals surface area contributed by atoms with Crippen LogP contribution in [0.3, 0.4) is 0 Å². The van der Waals surface area contributed by atoms with E-state index >= 15 is 0 Å². The minimum Gasteiger partial charge on any atom is -0.462 e. The molecule has 0 spiro atoms. The highest BCUT2D eigenvalue weighted by Gasteiger charge is 2.18. The van der Waals surface area contributed by atoms with Crippen molar-refractivity contribution < 1.29 is 9.21 Å². The van der Waals surface area contributed by atoms with E-state index in [1.54, 1.807) is 17.1 Å². The summed E-state index contributed by atoms with van der Waals surface area (Å²) in [5, 5.41) is 17.0. The number of piperidine rings is 1. The van der Waals surface area contributed by atoms with Crippen LogP contribution < -0.4 is 10.6 Å². The number of aromatic nitrogens is 4. The zero-order valence-electron chi connectivity index (χ0n) is 13.9. The lowest BCUT2D eigenvalue weighted by molar-refractivity contribution is 0.0945. The van der Waals surface area contributed by atoms with E-state index in [2.05, 4.69) is 25.9 Å². The Morgan fingerprint density at radius 3 is 3.04 bits per heavy atom. The van der Waals surface area contributed by atoms with E-state index < -0.39 is 0 Å². The molecule has 0 aliphatic carbocycles. The quantitative estimate of drug-likeness (QED) is 0.688. The molecule has 1 fully saturated rings. The fourth-order valence-corrected chi connectivity index (χ4v) is 3.58. The van der Waals surface area contributed by atoms with Crippen molar-refractivity contribution in [2.24, 2.45) is 0 Å². The molecule has 138 valence electrons. The van der Waals surface area contributed by atoms with Crippen LogP contribution in [0.1, 0.15) is 35.1 Å². The standard InChI is InChI=1S/C16H18N6O2S.ClH/c23-15(13-9-22(21-20-13)12-3-5-17-6-4-12)18-8-11-10-25-16(19-11)14-2-1-7-24-14;/h1-2,7,9-10,12,17H,3-6,8H2,(H,18,23);1H. The largest absolute Gasteiger partial charge is 0.462 e. The van der Waals surface area contributed by atoms with Crippen molar-refractivity contribution in [2.75, 3.05) is 13.1 Å². The number of hydrogen-bond donors (Lipinski definition) is 2. The molecule has 3 aromatic heterocycles. The summed E-state index contributed by atoms with van der Waals surface area (Å²) in [4.78, 5) is 16.7. The van der Waals surface area contributed by atoms with Crippen LogP contribution >= 0.6 is 23.7 Å². The van der Waals surface area contributed by atoms with Crippen molar-refractivity contribution in [3.05, 3.63) is 41.4 Å². The van der Waals surface area contributed by atoms with Gasteiger partial charge in [0, 0.05) is 5.38 Å². The average Bonchev–Trinajstić information content (AvgIpc) is 3.41. The Labute approximate surface area is 160 Å². The van der Waals surface area contributed by atoms with Crippen LogP contribution in [-0.2, 0) is 6.54 Å². The second kappa shape index (κ2) is 8.43. The van der Waals surface area contributed by atoms with Crippen molar-refractivity contribution in [3.8, 4) is 10.8 Å². The maximum Gasteiger partial charge on any atom is 0.273 e. The van der Waals surface area contributed by atoms with E-state index in [0.717, 1.165) is 42.4 Å². The lowest BCUT2D eigenvalue weighted by atomic mass is 10.1. The molecule has 26 heavy (non-hydrogen) atoms. The van der Waals surface area contributed by atoms with Gasteiger partial charge in [0.25, 0.3) is 5.91 Å². The van der Waals surface area contributed by atoms with Crippen LogP contribution in [0.15, 0.2) is 34.4 Å². The molecule has 10 heteroatoms. The number of amides is 1. The Kier molecular flexibility index (Phi) is 6.02. The second-order valence-electron chi connectivity index (χ2n) is 5.87. The third-order valence-corrected chi connectivity index (χ3v) is 5.05. The molecule has 4 heterocycles. The summed E-state index contributed by atoms with van der Waals surface area (Å²) in [5.74, 6) is 0.486.